The molecule has 0 aliphatic heterocycles. The molecule has 2 aromatic carbocycles. The van der Waals surface area contributed by atoms with Crippen molar-refractivity contribution in [2.45, 2.75) is 0 Å². The third kappa shape index (κ3) is 2.92. The fourth-order valence-electron chi connectivity index (χ4n) is 1.43. The van der Waals surface area contributed by atoms with Crippen LogP contribution in [0.25, 0.3) is 0 Å². The van der Waals surface area contributed by atoms with Crippen LogP contribution in [0.15, 0.2) is 48.5 Å². The number of nitro benzene ring substituents is 1. The first kappa shape index (κ1) is 12.7. The van der Waals surface area contributed by atoms with Crippen LogP contribution in [0.1, 0.15) is 10.4 Å². The number of halogens is 1. The Labute approximate surface area is 107 Å². The molecule has 0 spiro atoms. The lowest BCUT2D eigenvalue weighted by Crippen LogP contribution is -2.09. The number of para-hydroxylation sites is 1. The minimum absolute atomic E-state index is 0.0162. The first-order valence-corrected chi connectivity index (χ1v) is 5.29. The maximum Gasteiger partial charge on any atom is 0.343 e. The SMILES string of the molecule is O=C(Oc1ccccc1F)c1cccc([N+](=O)[O-])c1. The number of carbonyl (C=O) groups excluding carboxylic acids is 1. The Kier molecular flexibility index (Phi) is 3.51. The summed E-state index contributed by atoms with van der Waals surface area (Å²) in [6.07, 6.45) is 0. The fourth-order valence-corrected chi connectivity index (χ4v) is 1.43. The van der Waals surface area contributed by atoms with Crippen LogP contribution in [-0.2, 0) is 0 Å². The summed E-state index contributed by atoms with van der Waals surface area (Å²) >= 11 is 0. The van der Waals surface area contributed by atoms with E-state index in [1.54, 1.807) is 0 Å². The molecule has 0 aromatic heterocycles. The number of esters is 1. The number of nitro groups is 1. The molecule has 0 bridgehead atoms. The summed E-state index contributed by atoms with van der Waals surface area (Å²) in [6.45, 7) is 0. The zero-order chi connectivity index (χ0) is 13.8. The van der Waals surface area contributed by atoms with Gasteiger partial charge in [0.1, 0.15) is 0 Å². The molecular weight excluding hydrogens is 253 g/mol. The van der Waals surface area contributed by atoms with Crippen LogP contribution in [0.3, 0.4) is 0 Å². The summed E-state index contributed by atoms with van der Waals surface area (Å²) in [6, 6.07) is 10.5. The standard InChI is InChI=1S/C13H8FNO4/c14-11-6-1-2-7-12(11)19-13(16)9-4-3-5-10(8-9)15(17)18/h1-8H. The number of non-ortho nitro benzene ring substituents is 1. The highest BCUT2D eigenvalue weighted by atomic mass is 19.1. The van der Waals surface area contributed by atoms with E-state index in [1.807, 2.05) is 0 Å². The minimum Gasteiger partial charge on any atom is -0.420 e. The van der Waals surface area contributed by atoms with Crippen LogP contribution in [0.2, 0.25) is 0 Å². The molecule has 19 heavy (non-hydrogen) atoms. The van der Waals surface area contributed by atoms with Crippen molar-refractivity contribution in [3.8, 4) is 5.75 Å². The fraction of sp³-hybridized carbons (Fsp3) is 0. The van der Waals surface area contributed by atoms with Gasteiger partial charge in [-0.25, -0.2) is 9.18 Å². The number of carbonyl (C=O) groups is 1. The normalized spacial score (nSPS) is 9.95. The number of rotatable bonds is 3. The van der Waals surface area contributed by atoms with Crippen LogP contribution in [0.4, 0.5) is 10.1 Å². The van der Waals surface area contributed by atoms with Crippen molar-refractivity contribution in [2.75, 3.05) is 0 Å². The average molecular weight is 261 g/mol. The summed E-state index contributed by atoms with van der Waals surface area (Å²) in [4.78, 5) is 21.7. The highest BCUT2D eigenvalue weighted by molar-refractivity contribution is 5.91. The van der Waals surface area contributed by atoms with E-state index in [1.165, 1.54) is 36.4 Å². The van der Waals surface area contributed by atoms with E-state index in [0.717, 1.165) is 12.1 Å². The molecule has 0 amide bonds. The van der Waals surface area contributed by atoms with Crippen LogP contribution in [0.5, 0.6) is 5.75 Å². The van der Waals surface area contributed by atoms with E-state index < -0.39 is 16.7 Å². The predicted molar refractivity (Wildman–Crippen MR) is 64.5 cm³/mol. The van der Waals surface area contributed by atoms with Crippen molar-refractivity contribution < 1.29 is 18.8 Å². The number of nitrogens with zero attached hydrogens (tertiary/aromatic N) is 1. The highest BCUT2D eigenvalue weighted by Gasteiger charge is 2.14. The van der Waals surface area contributed by atoms with Crippen LogP contribution >= 0.6 is 0 Å². The van der Waals surface area contributed by atoms with Crippen molar-refractivity contribution in [3.05, 3.63) is 70.0 Å². The predicted octanol–water partition coefficient (Wildman–Crippen LogP) is 2.95. The molecule has 0 aliphatic carbocycles. The van der Waals surface area contributed by atoms with Gasteiger partial charge in [0.15, 0.2) is 11.6 Å². The smallest absolute Gasteiger partial charge is 0.343 e. The molecule has 0 radical (unpaired) electrons. The first-order chi connectivity index (χ1) is 9.08. The van der Waals surface area contributed by atoms with Gasteiger partial charge < -0.3 is 4.74 Å². The van der Waals surface area contributed by atoms with Crippen LogP contribution in [0, 0.1) is 15.9 Å². The van der Waals surface area contributed by atoms with Gasteiger partial charge in [-0.2, -0.15) is 0 Å². The Morgan fingerprint density at radius 2 is 1.89 bits per heavy atom. The third-order valence-electron chi connectivity index (χ3n) is 2.33. The van der Waals surface area contributed by atoms with E-state index >= 15 is 0 Å². The quantitative estimate of drug-likeness (QED) is 0.368. The molecule has 0 unspecified atom stereocenters. The van der Waals surface area contributed by atoms with Gasteiger partial charge in [0.05, 0.1) is 10.5 Å². The van der Waals surface area contributed by atoms with E-state index in [4.69, 9.17) is 4.74 Å². The summed E-state index contributed by atoms with van der Waals surface area (Å²) in [7, 11) is 0. The summed E-state index contributed by atoms with van der Waals surface area (Å²) in [5.74, 6) is -1.76. The Bertz CT molecular complexity index is 642. The Morgan fingerprint density at radius 3 is 2.58 bits per heavy atom. The maximum absolute atomic E-state index is 13.3. The van der Waals surface area contributed by atoms with Crippen LogP contribution < -0.4 is 4.74 Å². The highest BCUT2D eigenvalue weighted by Crippen LogP contribution is 2.19. The lowest BCUT2D eigenvalue weighted by molar-refractivity contribution is -0.384. The molecule has 6 heteroatoms. The topological polar surface area (TPSA) is 69.4 Å². The molecule has 0 aliphatic rings. The number of hydrogen-bond donors (Lipinski definition) is 0. The van der Waals surface area contributed by atoms with Gasteiger partial charge in [-0.15, -0.1) is 0 Å². The van der Waals surface area contributed by atoms with Gasteiger partial charge in [0, 0.05) is 12.1 Å². The Balaban J connectivity index is 2.23. The molecule has 0 heterocycles. The van der Waals surface area contributed by atoms with Gasteiger partial charge in [0.25, 0.3) is 5.69 Å². The largest absolute Gasteiger partial charge is 0.420 e. The molecule has 0 saturated heterocycles. The lowest BCUT2D eigenvalue weighted by atomic mass is 10.2. The first-order valence-electron chi connectivity index (χ1n) is 5.29. The molecule has 0 fully saturated rings. The molecule has 2 aromatic rings. The van der Waals surface area contributed by atoms with Crippen molar-refractivity contribution in [3.63, 3.8) is 0 Å². The summed E-state index contributed by atoms with van der Waals surface area (Å²) < 4.78 is 18.1. The maximum atomic E-state index is 13.3. The zero-order valence-corrected chi connectivity index (χ0v) is 9.58. The molecule has 2 rings (SSSR count). The molecule has 96 valence electrons. The number of hydrogen-bond acceptors (Lipinski definition) is 4. The Hall–Kier alpha value is -2.76. The molecular formula is C13H8FNO4. The van der Waals surface area contributed by atoms with Gasteiger partial charge in [0.2, 0.25) is 0 Å². The second-order valence-electron chi connectivity index (χ2n) is 3.63. The third-order valence-corrected chi connectivity index (χ3v) is 2.33. The zero-order valence-electron chi connectivity index (χ0n) is 9.58. The number of benzene rings is 2. The van der Waals surface area contributed by atoms with E-state index in [0.29, 0.717) is 0 Å². The lowest BCUT2D eigenvalue weighted by Gasteiger charge is -2.04. The number of ether oxygens (including phenoxy) is 1. The van der Waals surface area contributed by atoms with Gasteiger partial charge in [-0.1, -0.05) is 18.2 Å². The van der Waals surface area contributed by atoms with Crippen LogP contribution in [-0.4, -0.2) is 10.9 Å². The molecule has 0 saturated carbocycles. The van der Waals surface area contributed by atoms with Gasteiger partial charge >= 0.3 is 5.97 Å². The average Bonchev–Trinajstić information content (AvgIpc) is 2.41. The van der Waals surface area contributed by atoms with Gasteiger partial charge in [-0.05, 0) is 18.2 Å². The van der Waals surface area contributed by atoms with Crippen molar-refractivity contribution in [1.82, 2.24) is 0 Å². The minimum atomic E-state index is -0.853. The second kappa shape index (κ2) is 5.26. The second-order valence-corrected chi connectivity index (χ2v) is 3.63. The van der Waals surface area contributed by atoms with E-state index in [-0.39, 0.29) is 17.0 Å². The molecule has 0 atom stereocenters. The van der Waals surface area contributed by atoms with Crippen molar-refractivity contribution in [1.29, 1.82) is 0 Å². The van der Waals surface area contributed by atoms with E-state index in [2.05, 4.69) is 0 Å². The van der Waals surface area contributed by atoms with Crippen molar-refractivity contribution in [2.24, 2.45) is 0 Å². The molecule has 0 N–H and O–H groups in total. The summed E-state index contributed by atoms with van der Waals surface area (Å²) in [5, 5.41) is 10.6. The molecule has 5 nitrogen and oxygen atoms in total. The Morgan fingerprint density at radius 1 is 1.16 bits per heavy atom. The monoisotopic (exact) mass is 261 g/mol. The van der Waals surface area contributed by atoms with Gasteiger partial charge in [-0.3, -0.25) is 10.1 Å². The van der Waals surface area contributed by atoms with Crippen molar-refractivity contribution >= 4 is 11.7 Å². The van der Waals surface area contributed by atoms with E-state index in [9.17, 15) is 19.3 Å². The summed E-state index contributed by atoms with van der Waals surface area (Å²) in [5.41, 5.74) is -0.250.